The number of amides is 1. The fourth-order valence-electron chi connectivity index (χ4n) is 2.56. The molecule has 2 rings (SSSR count). The molecular weight excluding hydrogens is 319 g/mol. The Morgan fingerprint density at radius 1 is 1.29 bits per heavy atom. The van der Waals surface area contributed by atoms with E-state index in [1.807, 2.05) is 20.9 Å². The number of nitrogens with zero attached hydrogens (tertiary/aromatic N) is 2. The summed E-state index contributed by atoms with van der Waals surface area (Å²) in [5.74, 6) is -0.199. The number of hydrogen-bond donors (Lipinski definition) is 1. The van der Waals surface area contributed by atoms with Gasteiger partial charge in [0.1, 0.15) is 0 Å². The van der Waals surface area contributed by atoms with Gasteiger partial charge in [-0.25, -0.2) is 0 Å². The van der Waals surface area contributed by atoms with Crippen LogP contribution in [-0.4, -0.2) is 15.7 Å². The molecule has 0 saturated carbocycles. The first-order chi connectivity index (χ1) is 11.2. The van der Waals surface area contributed by atoms with E-state index in [2.05, 4.69) is 10.4 Å². The number of carbonyl (C=O) groups excluding carboxylic acids is 1. The summed E-state index contributed by atoms with van der Waals surface area (Å²) >= 11 is 0. The van der Waals surface area contributed by atoms with Crippen molar-refractivity contribution in [1.82, 2.24) is 15.1 Å². The Morgan fingerprint density at radius 2 is 2.00 bits per heavy atom. The number of halogens is 3. The molecule has 0 radical (unpaired) electrons. The van der Waals surface area contributed by atoms with Crippen molar-refractivity contribution >= 4 is 5.91 Å². The normalized spacial score (nSPS) is 11.6. The van der Waals surface area contributed by atoms with Gasteiger partial charge in [0.15, 0.2) is 0 Å². The lowest BCUT2D eigenvalue weighted by Gasteiger charge is -2.10. The van der Waals surface area contributed by atoms with Gasteiger partial charge >= 0.3 is 6.18 Å². The molecular formula is C17H20F3N3O. The summed E-state index contributed by atoms with van der Waals surface area (Å²) in [5.41, 5.74) is 2.65. The van der Waals surface area contributed by atoms with E-state index in [9.17, 15) is 18.0 Å². The van der Waals surface area contributed by atoms with Gasteiger partial charge < -0.3 is 5.32 Å². The van der Waals surface area contributed by atoms with Crippen LogP contribution in [0.25, 0.3) is 0 Å². The highest BCUT2D eigenvalue weighted by atomic mass is 19.4. The number of nitrogens with one attached hydrogen (secondary N) is 1. The van der Waals surface area contributed by atoms with E-state index in [1.54, 1.807) is 10.7 Å². The topological polar surface area (TPSA) is 46.9 Å². The fourth-order valence-corrected chi connectivity index (χ4v) is 2.56. The van der Waals surface area contributed by atoms with Crippen LogP contribution in [-0.2, 0) is 31.0 Å². The largest absolute Gasteiger partial charge is 0.416 e. The number of benzene rings is 1. The van der Waals surface area contributed by atoms with E-state index < -0.39 is 11.7 Å². The molecule has 0 aliphatic heterocycles. The minimum atomic E-state index is -4.38. The van der Waals surface area contributed by atoms with Gasteiger partial charge in [-0.3, -0.25) is 9.48 Å². The third kappa shape index (κ3) is 4.37. The first-order valence-electron chi connectivity index (χ1n) is 7.60. The molecule has 0 saturated heterocycles. The third-order valence-corrected chi connectivity index (χ3v) is 4.00. The van der Waals surface area contributed by atoms with Crippen LogP contribution >= 0.6 is 0 Å². The molecule has 1 aromatic heterocycles. The van der Waals surface area contributed by atoms with Crippen LogP contribution in [0.5, 0.6) is 0 Å². The first kappa shape index (κ1) is 18.0. The van der Waals surface area contributed by atoms with Gasteiger partial charge in [0.05, 0.1) is 11.3 Å². The highest BCUT2D eigenvalue weighted by Crippen LogP contribution is 2.29. The Bertz CT molecular complexity index is 735. The third-order valence-electron chi connectivity index (χ3n) is 4.00. The lowest BCUT2D eigenvalue weighted by molar-refractivity contribution is -0.137. The average Bonchev–Trinajstić information content (AvgIpc) is 2.75. The van der Waals surface area contributed by atoms with Crippen molar-refractivity contribution in [3.63, 3.8) is 0 Å². The summed E-state index contributed by atoms with van der Waals surface area (Å²) in [6.45, 7) is 3.91. The zero-order valence-corrected chi connectivity index (χ0v) is 13.9. The van der Waals surface area contributed by atoms with Crippen LogP contribution in [0.15, 0.2) is 24.3 Å². The maximum atomic E-state index is 12.7. The van der Waals surface area contributed by atoms with E-state index in [0.29, 0.717) is 12.0 Å². The SMILES string of the molecule is Cc1nn(C)c(C)c1CCC(=O)NCc1cccc(C(F)(F)F)c1. The van der Waals surface area contributed by atoms with Crippen LogP contribution in [0.3, 0.4) is 0 Å². The zero-order valence-electron chi connectivity index (χ0n) is 13.9. The molecule has 2 aromatic rings. The van der Waals surface area contributed by atoms with Crippen molar-refractivity contribution in [3.05, 3.63) is 52.3 Å². The van der Waals surface area contributed by atoms with Gasteiger partial charge in [-0.1, -0.05) is 12.1 Å². The molecule has 0 aliphatic carbocycles. The molecule has 1 N–H and O–H groups in total. The van der Waals surface area contributed by atoms with Gasteiger partial charge in [-0.15, -0.1) is 0 Å². The molecule has 1 aromatic carbocycles. The van der Waals surface area contributed by atoms with E-state index in [-0.39, 0.29) is 18.9 Å². The molecule has 0 aliphatic rings. The highest BCUT2D eigenvalue weighted by molar-refractivity contribution is 5.76. The summed E-state index contributed by atoms with van der Waals surface area (Å²) in [6.07, 6.45) is -3.55. The second-order valence-corrected chi connectivity index (χ2v) is 5.75. The predicted molar refractivity (Wildman–Crippen MR) is 84.3 cm³/mol. The summed E-state index contributed by atoms with van der Waals surface area (Å²) in [4.78, 5) is 11.9. The quantitative estimate of drug-likeness (QED) is 0.908. The maximum Gasteiger partial charge on any atom is 0.416 e. The monoisotopic (exact) mass is 339 g/mol. The zero-order chi connectivity index (χ0) is 17.9. The molecule has 0 bridgehead atoms. The number of aryl methyl sites for hydroxylation is 2. The Hall–Kier alpha value is -2.31. The number of alkyl halides is 3. The summed E-state index contributed by atoms with van der Waals surface area (Å²) in [7, 11) is 1.85. The summed E-state index contributed by atoms with van der Waals surface area (Å²) in [6, 6.07) is 4.96. The molecule has 1 heterocycles. The summed E-state index contributed by atoms with van der Waals surface area (Å²) in [5, 5.41) is 6.95. The number of aromatic nitrogens is 2. The van der Waals surface area contributed by atoms with Crippen molar-refractivity contribution in [2.75, 3.05) is 0 Å². The van der Waals surface area contributed by atoms with Gasteiger partial charge in [0.25, 0.3) is 0 Å². The molecule has 4 nitrogen and oxygen atoms in total. The molecule has 0 fully saturated rings. The first-order valence-corrected chi connectivity index (χ1v) is 7.60. The second-order valence-electron chi connectivity index (χ2n) is 5.75. The molecule has 0 atom stereocenters. The van der Waals surface area contributed by atoms with Crippen molar-refractivity contribution in [3.8, 4) is 0 Å². The van der Waals surface area contributed by atoms with Gasteiger partial charge in [-0.05, 0) is 43.5 Å². The Morgan fingerprint density at radius 3 is 2.58 bits per heavy atom. The van der Waals surface area contributed by atoms with Gasteiger partial charge in [-0.2, -0.15) is 18.3 Å². The van der Waals surface area contributed by atoms with Crippen molar-refractivity contribution < 1.29 is 18.0 Å². The average molecular weight is 339 g/mol. The lowest BCUT2D eigenvalue weighted by atomic mass is 10.1. The summed E-state index contributed by atoms with van der Waals surface area (Å²) < 4.78 is 39.7. The van der Waals surface area contributed by atoms with Crippen LogP contribution < -0.4 is 5.32 Å². The van der Waals surface area contributed by atoms with Gasteiger partial charge in [0.2, 0.25) is 5.91 Å². The standard InChI is InChI=1S/C17H20F3N3O/c1-11-15(12(2)23(3)22-11)7-8-16(24)21-10-13-5-4-6-14(9-13)17(18,19)20/h4-6,9H,7-8,10H2,1-3H3,(H,21,24). The molecule has 130 valence electrons. The van der Waals surface area contributed by atoms with Crippen molar-refractivity contribution in [1.29, 1.82) is 0 Å². The molecule has 0 spiro atoms. The predicted octanol–water partition coefficient (Wildman–Crippen LogP) is 3.30. The second kappa shape index (κ2) is 7.07. The highest BCUT2D eigenvalue weighted by Gasteiger charge is 2.30. The minimum absolute atomic E-state index is 0.0771. The van der Waals surface area contributed by atoms with Crippen molar-refractivity contribution in [2.45, 2.75) is 39.4 Å². The van der Waals surface area contributed by atoms with Crippen LogP contribution in [0, 0.1) is 13.8 Å². The smallest absolute Gasteiger partial charge is 0.352 e. The van der Waals surface area contributed by atoms with E-state index in [1.165, 1.54) is 6.07 Å². The maximum absolute atomic E-state index is 12.7. The Balaban J connectivity index is 1.90. The minimum Gasteiger partial charge on any atom is -0.352 e. The Kier molecular flexibility index (Phi) is 5.31. The lowest BCUT2D eigenvalue weighted by Crippen LogP contribution is -2.23. The van der Waals surface area contributed by atoms with Crippen LogP contribution in [0.4, 0.5) is 13.2 Å². The number of rotatable bonds is 5. The van der Waals surface area contributed by atoms with Crippen molar-refractivity contribution in [2.24, 2.45) is 7.05 Å². The number of carbonyl (C=O) groups is 1. The van der Waals surface area contributed by atoms with Gasteiger partial charge in [0, 0.05) is 25.7 Å². The molecule has 7 heteroatoms. The van der Waals surface area contributed by atoms with Crippen LogP contribution in [0.2, 0.25) is 0 Å². The Labute approximate surface area is 138 Å². The van der Waals surface area contributed by atoms with Crippen LogP contribution in [0.1, 0.15) is 34.5 Å². The van der Waals surface area contributed by atoms with E-state index >= 15 is 0 Å². The fraction of sp³-hybridized carbons (Fsp3) is 0.412. The number of hydrogen-bond acceptors (Lipinski definition) is 2. The van der Waals surface area contributed by atoms with E-state index in [0.717, 1.165) is 29.1 Å². The molecule has 0 unspecified atom stereocenters. The molecule has 1 amide bonds. The molecule has 24 heavy (non-hydrogen) atoms. The van der Waals surface area contributed by atoms with E-state index in [4.69, 9.17) is 0 Å².